The van der Waals surface area contributed by atoms with E-state index in [1.807, 2.05) is 24.3 Å². The zero-order valence-corrected chi connectivity index (χ0v) is 17.1. The van der Waals surface area contributed by atoms with Crippen LogP contribution >= 0.6 is 0 Å². The van der Waals surface area contributed by atoms with Gasteiger partial charge in [0, 0.05) is 18.2 Å². The summed E-state index contributed by atoms with van der Waals surface area (Å²) in [5, 5.41) is 8.07. The van der Waals surface area contributed by atoms with Gasteiger partial charge >= 0.3 is 0 Å². The smallest absolute Gasteiger partial charge is 0.240 e. The first-order valence-electron chi connectivity index (χ1n) is 8.87. The molecule has 0 saturated carbocycles. The van der Waals surface area contributed by atoms with Crippen LogP contribution in [0.15, 0.2) is 59.5 Å². The van der Waals surface area contributed by atoms with Gasteiger partial charge in [0.2, 0.25) is 15.9 Å². The molecule has 158 valence electrons. The van der Waals surface area contributed by atoms with Crippen molar-refractivity contribution < 1.29 is 27.0 Å². The largest absolute Gasteiger partial charge is 0.497 e. The van der Waals surface area contributed by atoms with Crippen LogP contribution in [0.4, 0.5) is 4.39 Å². The van der Waals surface area contributed by atoms with Crippen molar-refractivity contribution >= 4 is 10.0 Å². The van der Waals surface area contributed by atoms with Gasteiger partial charge in [0.15, 0.2) is 11.6 Å². The van der Waals surface area contributed by atoms with Gasteiger partial charge in [-0.1, -0.05) is 0 Å². The Bertz CT molecular complexity index is 1090. The fraction of sp³-hybridized carbons (Fsp3) is 0.200. The molecule has 8 nitrogen and oxygen atoms in total. The van der Waals surface area contributed by atoms with E-state index in [9.17, 15) is 12.8 Å². The lowest BCUT2D eigenvalue weighted by Crippen LogP contribution is -2.28. The molecule has 1 heterocycles. The van der Waals surface area contributed by atoms with E-state index in [1.165, 1.54) is 19.2 Å². The van der Waals surface area contributed by atoms with Gasteiger partial charge in [0.05, 0.1) is 24.8 Å². The fourth-order valence-electron chi connectivity index (χ4n) is 2.54. The molecule has 0 bridgehead atoms. The summed E-state index contributed by atoms with van der Waals surface area (Å²) in [5.41, 5.74) is 1.53. The van der Waals surface area contributed by atoms with Crippen LogP contribution in [0, 0.1) is 5.82 Å². The lowest BCUT2D eigenvalue weighted by molar-refractivity contribution is 0.307. The highest BCUT2D eigenvalue weighted by atomic mass is 32.2. The Balaban J connectivity index is 1.53. The molecule has 0 unspecified atom stereocenters. The predicted molar refractivity (Wildman–Crippen MR) is 108 cm³/mol. The Hall–Kier alpha value is -3.24. The quantitative estimate of drug-likeness (QED) is 0.518. The number of nitrogens with one attached hydrogen (secondary N) is 1. The molecule has 2 aromatic carbocycles. The van der Waals surface area contributed by atoms with Crippen molar-refractivity contribution in [2.75, 3.05) is 27.4 Å². The number of halogens is 1. The van der Waals surface area contributed by atoms with E-state index in [4.69, 9.17) is 14.2 Å². The maximum Gasteiger partial charge on any atom is 0.240 e. The highest BCUT2D eigenvalue weighted by Gasteiger charge is 2.16. The Labute approximate surface area is 173 Å². The average Bonchev–Trinajstić information content (AvgIpc) is 2.77. The molecule has 30 heavy (non-hydrogen) atoms. The minimum absolute atomic E-state index is 0.0223. The van der Waals surface area contributed by atoms with E-state index in [0.717, 1.165) is 17.4 Å². The highest BCUT2D eigenvalue weighted by Crippen LogP contribution is 2.22. The van der Waals surface area contributed by atoms with Crippen LogP contribution < -0.4 is 18.9 Å². The number of hydrogen-bond donors (Lipinski definition) is 1. The van der Waals surface area contributed by atoms with E-state index < -0.39 is 15.8 Å². The van der Waals surface area contributed by atoms with Gasteiger partial charge in [-0.05, 0) is 48.5 Å². The summed E-state index contributed by atoms with van der Waals surface area (Å²) in [5.74, 6) is 0.200. The molecule has 3 aromatic rings. The minimum atomic E-state index is -3.88. The van der Waals surface area contributed by atoms with Crippen molar-refractivity contribution in [1.29, 1.82) is 0 Å². The Morgan fingerprint density at radius 3 is 2.33 bits per heavy atom. The Morgan fingerprint density at radius 2 is 1.73 bits per heavy atom. The summed E-state index contributed by atoms with van der Waals surface area (Å²) in [6.45, 7) is -0.00762. The fourth-order valence-corrected chi connectivity index (χ4v) is 3.57. The van der Waals surface area contributed by atoms with Crippen molar-refractivity contribution in [2.24, 2.45) is 0 Å². The molecule has 0 aliphatic carbocycles. The van der Waals surface area contributed by atoms with Crippen LogP contribution in [-0.4, -0.2) is 46.0 Å². The molecule has 0 atom stereocenters. The average molecular weight is 433 g/mol. The number of methoxy groups -OCH3 is 2. The Kier molecular flexibility index (Phi) is 6.80. The van der Waals surface area contributed by atoms with Gasteiger partial charge < -0.3 is 14.2 Å². The van der Waals surface area contributed by atoms with E-state index >= 15 is 0 Å². The van der Waals surface area contributed by atoms with Gasteiger partial charge in [-0.3, -0.25) is 0 Å². The maximum atomic E-state index is 13.7. The van der Waals surface area contributed by atoms with Crippen LogP contribution in [0.25, 0.3) is 11.3 Å². The SMILES string of the molecule is COc1ccc(-c2ccc(OCCNS(=O)(=O)c3ccc(OC)c(F)c3)nn2)cc1. The topological polar surface area (TPSA) is 99.6 Å². The van der Waals surface area contributed by atoms with Gasteiger partial charge in [-0.25, -0.2) is 17.5 Å². The van der Waals surface area contributed by atoms with Crippen LogP contribution in [0.1, 0.15) is 0 Å². The van der Waals surface area contributed by atoms with Crippen molar-refractivity contribution in [2.45, 2.75) is 4.90 Å². The van der Waals surface area contributed by atoms with E-state index in [2.05, 4.69) is 14.9 Å². The first kappa shape index (κ1) is 21.5. The number of ether oxygens (including phenoxy) is 3. The lowest BCUT2D eigenvalue weighted by Gasteiger charge is -2.09. The van der Waals surface area contributed by atoms with Crippen LogP contribution in [-0.2, 0) is 10.0 Å². The highest BCUT2D eigenvalue weighted by molar-refractivity contribution is 7.89. The number of hydrogen-bond acceptors (Lipinski definition) is 7. The van der Waals surface area contributed by atoms with Crippen LogP contribution in [0.3, 0.4) is 0 Å². The number of benzene rings is 2. The number of rotatable bonds is 9. The number of nitrogens with zero attached hydrogens (tertiary/aromatic N) is 2. The second-order valence-electron chi connectivity index (χ2n) is 6.03. The summed E-state index contributed by atoms with van der Waals surface area (Å²) < 4.78 is 55.8. The Morgan fingerprint density at radius 1 is 0.967 bits per heavy atom. The first-order chi connectivity index (χ1) is 14.4. The molecule has 0 aliphatic rings. The molecule has 0 fully saturated rings. The summed E-state index contributed by atoms with van der Waals surface area (Å²) >= 11 is 0. The molecule has 10 heteroatoms. The molecular formula is C20H20FN3O5S. The third kappa shape index (κ3) is 5.22. The predicted octanol–water partition coefficient (Wildman–Crippen LogP) is 2.66. The van der Waals surface area contributed by atoms with Gasteiger partial charge in [-0.15, -0.1) is 10.2 Å². The van der Waals surface area contributed by atoms with Crippen molar-refractivity contribution in [1.82, 2.24) is 14.9 Å². The summed E-state index contributed by atoms with van der Waals surface area (Å²) in [6, 6.07) is 14.2. The van der Waals surface area contributed by atoms with Crippen molar-refractivity contribution in [3.05, 3.63) is 60.4 Å². The molecule has 0 amide bonds. The summed E-state index contributed by atoms with van der Waals surface area (Å²) in [4.78, 5) is -0.204. The van der Waals surface area contributed by atoms with E-state index in [-0.39, 0.29) is 29.7 Å². The summed E-state index contributed by atoms with van der Waals surface area (Å²) in [6.07, 6.45) is 0. The third-order valence-corrected chi connectivity index (χ3v) is 5.56. The molecule has 1 aromatic heterocycles. The second kappa shape index (κ2) is 9.51. The molecule has 0 aliphatic heterocycles. The molecule has 3 rings (SSSR count). The van der Waals surface area contributed by atoms with E-state index in [1.54, 1.807) is 19.2 Å². The zero-order chi connectivity index (χ0) is 21.6. The van der Waals surface area contributed by atoms with Crippen molar-refractivity contribution in [3.63, 3.8) is 0 Å². The van der Waals surface area contributed by atoms with Gasteiger partial charge in [0.1, 0.15) is 12.4 Å². The van der Waals surface area contributed by atoms with Gasteiger partial charge in [-0.2, -0.15) is 0 Å². The lowest BCUT2D eigenvalue weighted by atomic mass is 10.1. The molecule has 1 N–H and O–H groups in total. The van der Waals surface area contributed by atoms with E-state index in [0.29, 0.717) is 5.69 Å². The zero-order valence-electron chi connectivity index (χ0n) is 16.3. The van der Waals surface area contributed by atoms with Crippen LogP contribution in [0.5, 0.6) is 17.4 Å². The first-order valence-corrected chi connectivity index (χ1v) is 10.4. The molecular weight excluding hydrogens is 413 g/mol. The minimum Gasteiger partial charge on any atom is -0.497 e. The second-order valence-corrected chi connectivity index (χ2v) is 7.79. The number of aromatic nitrogens is 2. The van der Waals surface area contributed by atoms with Gasteiger partial charge in [0.25, 0.3) is 0 Å². The van der Waals surface area contributed by atoms with Crippen LogP contribution in [0.2, 0.25) is 0 Å². The number of sulfonamides is 1. The summed E-state index contributed by atoms with van der Waals surface area (Å²) in [7, 11) is -0.989. The monoisotopic (exact) mass is 433 g/mol. The standard InChI is InChI=1S/C20H20FN3O5S/c1-27-15-5-3-14(4-6-15)18-8-10-20(24-23-18)29-12-11-22-30(25,26)16-7-9-19(28-2)17(21)13-16/h3-10,13,22H,11-12H2,1-2H3. The normalized spacial score (nSPS) is 11.2. The third-order valence-electron chi connectivity index (χ3n) is 4.10. The molecule has 0 spiro atoms. The molecule has 0 radical (unpaired) electrons. The molecule has 0 saturated heterocycles. The van der Waals surface area contributed by atoms with Crippen molar-refractivity contribution in [3.8, 4) is 28.6 Å². The maximum absolute atomic E-state index is 13.7.